The third-order valence-corrected chi connectivity index (χ3v) is 4.39. The number of nitrogens with zero attached hydrogens (tertiary/aromatic N) is 1. The fourth-order valence-corrected chi connectivity index (χ4v) is 2.94. The van der Waals surface area contributed by atoms with E-state index in [9.17, 15) is 8.42 Å². The smallest absolute Gasteiger partial charge is 0.147 e. The Balaban J connectivity index is 1.90. The molecule has 0 bridgehead atoms. The van der Waals surface area contributed by atoms with Gasteiger partial charge in [-0.3, -0.25) is 4.90 Å². The minimum atomic E-state index is -2.85. The molecule has 0 amide bonds. The van der Waals surface area contributed by atoms with Gasteiger partial charge < -0.3 is 5.73 Å². The average molecular weight is 282 g/mol. The van der Waals surface area contributed by atoms with E-state index in [0.29, 0.717) is 12.5 Å². The van der Waals surface area contributed by atoms with Crippen molar-refractivity contribution >= 4 is 15.5 Å². The SMILES string of the molecule is CS(=O)(=O)CCCN(Cc1cccc(N)c1)C1CC1. The molecule has 2 N–H and O–H groups in total. The lowest BCUT2D eigenvalue weighted by Crippen LogP contribution is -2.28. The van der Waals surface area contributed by atoms with Crippen molar-refractivity contribution in [1.82, 2.24) is 4.90 Å². The molecular weight excluding hydrogens is 260 g/mol. The lowest BCUT2D eigenvalue weighted by Gasteiger charge is -2.22. The molecule has 5 heteroatoms. The molecule has 1 saturated carbocycles. The van der Waals surface area contributed by atoms with Gasteiger partial charge in [0.15, 0.2) is 0 Å². The van der Waals surface area contributed by atoms with Crippen LogP contribution in [0.3, 0.4) is 0 Å². The van der Waals surface area contributed by atoms with E-state index in [1.54, 1.807) is 0 Å². The highest BCUT2D eigenvalue weighted by Gasteiger charge is 2.28. The molecule has 1 aromatic carbocycles. The van der Waals surface area contributed by atoms with Crippen LogP contribution < -0.4 is 5.73 Å². The van der Waals surface area contributed by atoms with E-state index >= 15 is 0 Å². The summed E-state index contributed by atoms with van der Waals surface area (Å²) in [6, 6.07) is 8.54. The van der Waals surface area contributed by atoms with Gasteiger partial charge in [0.25, 0.3) is 0 Å². The summed E-state index contributed by atoms with van der Waals surface area (Å²) in [5, 5.41) is 0. The zero-order valence-electron chi connectivity index (χ0n) is 11.4. The van der Waals surface area contributed by atoms with Crippen LogP contribution in [0.4, 0.5) is 5.69 Å². The molecule has 0 radical (unpaired) electrons. The highest BCUT2D eigenvalue weighted by molar-refractivity contribution is 7.90. The van der Waals surface area contributed by atoms with Crippen LogP contribution in [0.2, 0.25) is 0 Å². The van der Waals surface area contributed by atoms with Crippen LogP contribution in [-0.2, 0) is 16.4 Å². The second-order valence-corrected chi connectivity index (χ2v) is 7.69. The van der Waals surface area contributed by atoms with Crippen LogP contribution in [0.15, 0.2) is 24.3 Å². The summed E-state index contributed by atoms with van der Waals surface area (Å²) in [7, 11) is -2.85. The Morgan fingerprint density at radius 1 is 1.37 bits per heavy atom. The molecule has 1 fully saturated rings. The van der Waals surface area contributed by atoms with Gasteiger partial charge in [0.05, 0.1) is 5.75 Å². The quantitative estimate of drug-likeness (QED) is 0.773. The maximum Gasteiger partial charge on any atom is 0.147 e. The van der Waals surface area contributed by atoms with E-state index in [0.717, 1.165) is 18.8 Å². The van der Waals surface area contributed by atoms with Gasteiger partial charge in [0.1, 0.15) is 9.84 Å². The van der Waals surface area contributed by atoms with Gasteiger partial charge in [-0.2, -0.15) is 0 Å². The number of sulfone groups is 1. The summed E-state index contributed by atoms with van der Waals surface area (Å²) in [6.45, 7) is 1.70. The fraction of sp³-hybridized carbons (Fsp3) is 0.571. The van der Waals surface area contributed by atoms with Crippen molar-refractivity contribution in [1.29, 1.82) is 0 Å². The lowest BCUT2D eigenvalue weighted by molar-refractivity contribution is 0.256. The normalized spacial score (nSPS) is 15.9. The molecule has 0 spiro atoms. The number of anilines is 1. The topological polar surface area (TPSA) is 63.4 Å². The largest absolute Gasteiger partial charge is 0.399 e. The van der Waals surface area contributed by atoms with Crippen molar-refractivity contribution in [3.05, 3.63) is 29.8 Å². The van der Waals surface area contributed by atoms with Crippen molar-refractivity contribution in [2.75, 3.05) is 24.3 Å². The van der Waals surface area contributed by atoms with Crippen LogP contribution in [0.25, 0.3) is 0 Å². The maximum absolute atomic E-state index is 11.2. The first-order chi connectivity index (χ1) is 8.94. The minimum absolute atomic E-state index is 0.271. The third-order valence-electron chi connectivity index (χ3n) is 3.36. The van der Waals surface area contributed by atoms with E-state index in [1.807, 2.05) is 18.2 Å². The van der Waals surface area contributed by atoms with Crippen molar-refractivity contribution in [3.8, 4) is 0 Å². The van der Waals surface area contributed by atoms with E-state index in [1.165, 1.54) is 24.7 Å². The van der Waals surface area contributed by atoms with Crippen LogP contribution in [0, 0.1) is 0 Å². The Hall–Kier alpha value is -1.07. The van der Waals surface area contributed by atoms with Gasteiger partial charge in [-0.1, -0.05) is 12.1 Å². The molecule has 1 aromatic rings. The standard InChI is InChI=1S/C14H22N2O2S/c1-19(17,18)9-3-8-16(14-6-7-14)11-12-4-2-5-13(15)10-12/h2,4-5,10,14H,3,6-9,11,15H2,1H3. The molecule has 106 valence electrons. The summed E-state index contributed by atoms with van der Waals surface area (Å²) < 4.78 is 22.3. The van der Waals surface area contributed by atoms with Crippen molar-refractivity contribution in [2.24, 2.45) is 0 Å². The average Bonchev–Trinajstić information content (AvgIpc) is 3.10. The van der Waals surface area contributed by atoms with E-state index in [-0.39, 0.29) is 5.75 Å². The Labute approximate surface area is 115 Å². The summed E-state index contributed by atoms with van der Waals surface area (Å²) in [6.07, 6.45) is 4.45. The zero-order chi connectivity index (χ0) is 13.9. The first-order valence-corrected chi connectivity index (χ1v) is 8.76. The van der Waals surface area contributed by atoms with Gasteiger partial charge in [-0.25, -0.2) is 8.42 Å². The van der Waals surface area contributed by atoms with Crippen molar-refractivity contribution < 1.29 is 8.42 Å². The Bertz CT molecular complexity index is 524. The van der Waals surface area contributed by atoms with Gasteiger partial charge >= 0.3 is 0 Å². The highest BCUT2D eigenvalue weighted by atomic mass is 32.2. The number of hydrogen-bond acceptors (Lipinski definition) is 4. The summed E-state index contributed by atoms with van der Waals surface area (Å²) in [4.78, 5) is 2.37. The number of hydrogen-bond donors (Lipinski definition) is 1. The Morgan fingerprint density at radius 2 is 2.11 bits per heavy atom. The first-order valence-electron chi connectivity index (χ1n) is 6.70. The highest BCUT2D eigenvalue weighted by Crippen LogP contribution is 2.28. The van der Waals surface area contributed by atoms with Crippen LogP contribution >= 0.6 is 0 Å². The maximum atomic E-state index is 11.2. The number of nitrogens with two attached hydrogens (primary N) is 1. The molecule has 2 rings (SSSR count). The number of rotatable bonds is 7. The van der Waals surface area contributed by atoms with E-state index in [4.69, 9.17) is 5.73 Å². The van der Waals surface area contributed by atoms with Gasteiger partial charge in [0.2, 0.25) is 0 Å². The minimum Gasteiger partial charge on any atom is -0.399 e. The predicted octanol–water partition coefficient (Wildman–Crippen LogP) is 1.67. The first kappa shape index (κ1) is 14.3. The van der Waals surface area contributed by atoms with Gasteiger partial charge in [0, 0.05) is 24.5 Å². The second-order valence-electron chi connectivity index (χ2n) is 5.43. The molecule has 0 atom stereocenters. The molecule has 19 heavy (non-hydrogen) atoms. The molecule has 0 unspecified atom stereocenters. The Morgan fingerprint density at radius 3 is 2.68 bits per heavy atom. The fourth-order valence-electron chi connectivity index (χ4n) is 2.29. The molecule has 0 heterocycles. The monoisotopic (exact) mass is 282 g/mol. The summed E-state index contributed by atoms with van der Waals surface area (Å²) >= 11 is 0. The predicted molar refractivity (Wildman–Crippen MR) is 78.6 cm³/mol. The molecule has 0 aromatic heterocycles. The molecular formula is C14H22N2O2S. The van der Waals surface area contributed by atoms with Crippen molar-refractivity contribution in [2.45, 2.75) is 31.8 Å². The lowest BCUT2D eigenvalue weighted by atomic mass is 10.2. The Kier molecular flexibility index (Phi) is 4.47. The summed E-state index contributed by atoms with van der Waals surface area (Å²) in [5.41, 5.74) is 7.77. The molecule has 0 aliphatic heterocycles. The van der Waals surface area contributed by atoms with E-state index in [2.05, 4.69) is 11.0 Å². The molecule has 0 saturated heterocycles. The van der Waals surface area contributed by atoms with Gasteiger partial charge in [-0.05, 0) is 43.5 Å². The molecule has 1 aliphatic carbocycles. The zero-order valence-corrected chi connectivity index (χ0v) is 12.2. The van der Waals surface area contributed by atoms with Crippen LogP contribution in [0.1, 0.15) is 24.8 Å². The molecule has 1 aliphatic rings. The third kappa shape index (κ3) is 5.20. The van der Waals surface area contributed by atoms with Crippen LogP contribution in [-0.4, -0.2) is 37.9 Å². The summed E-state index contributed by atoms with van der Waals surface area (Å²) in [5.74, 6) is 0.271. The second kappa shape index (κ2) is 5.92. The molecule has 4 nitrogen and oxygen atoms in total. The van der Waals surface area contributed by atoms with Crippen LogP contribution in [0.5, 0.6) is 0 Å². The van der Waals surface area contributed by atoms with Gasteiger partial charge in [-0.15, -0.1) is 0 Å². The van der Waals surface area contributed by atoms with E-state index < -0.39 is 9.84 Å². The number of nitrogen functional groups attached to an aromatic ring is 1. The number of benzene rings is 1. The van der Waals surface area contributed by atoms with Crippen molar-refractivity contribution in [3.63, 3.8) is 0 Å².